The Hall–Kier alpha value is -2.24. The molecule has 6 nitrogen and oxygen atoms in total. The Morgan fingerprint density at radius 3 is 2.65 bits per heavy atom. The van der Waals surface area contributed by atoms with Crippen LogP contribution in [0.25, 0.3) is 0 Å². The first-order valence-corrected chi connectivity index (χ1v) is 6.25. The molecule has 0 spiro atoms. The number of ether oxygens (including phenoxy) is 2. The highest BCUT2D eigenvalue weighted by Gasteiger charge is 2.10. The van der Waals surface area contributed by atoms with Crippen LogP contribution in [0, 0.1) is 0 Å². The lowest BCUT2D eigenvalue weighted by Gasteiger charge is -2.17. The summed E-state index contributed by atoms with van der Waals surface area (Å²) in [5.74, 6) is 0.151. The minimum Gasteiger partial charge on any atom is -0.497 e. The van der Waals surface area contributed by atoms with E-state index in [-0.39, 0.29) is 18.9 Å². The van der Waals surface area contributed by atoms with E-state index in [2.05, 4.69) is 0 Å². The van der Waals surface area contributed by atoms with E-state index in [9.17, 15) is 9.59 Å². The van der Waals surface area contributed by atoms with Gasteiger partial charge in [0, 0.05) is 26.1 Å². The van der Waals surface area contributed by atoms with Gasteiger partial charge in [-0.05, 0) is 18.6 Å². The van der Waals surface area contributed by atoms with Crippen LogP contribution in [0.5, 0.6) is 11.5 Å². The second-order valence-electron chi connectivity index (χ2n) is 4.28. The Morgan fingerprint density at radius 2 is 2.00 bits per heavy atom. The normalized spacial score (nSPS) is 9.90. The highest BCUT2D eigenvalue weighted by Crippen LogP contribution is 2.18. The number of methoxy groups -OCH3 is 1. The van der Waals surface area contributed by atoms with Gasteiger partial charge in [0.15, 0.2) is 6.61 Å². The standard InChI is InChI=1S/C14H19NO5/c1-15(8-4-7-14(17)18)13(16)10-20-12-6-3-5-11(9-12)19-2/h3,5-6,9H,4,7-8,10H2,1-2H3,(H,17,18). The van der Waals surface area contributed by atoms with Crippen molar-refractivity contribution in [2.24, 2.45) is 0 Å². The van der Waals surface area contributed by atoms with Gasteiger partial charge in [0.25, 0.3) is 5.91 Å². The van der Waals surface area contributed by atoms with Crippen molar-refractivity contribution in [1.29, 1.82) is 0 Å². The number of hydrogen-bond donors (Lipinski definition) is 1. The van der Waals surface area contributed by atoms with Crippen LogP contribution in [0.4, 0.5) is 0 Å². The molecule has 1 amide bonds. The molecular weight excluding hydrogens is 262 g/mol. The Balaban J connectivity index is 2.36. The van der Waals surface area contributed by atoms with Crippen LogP contribution in [0.3, 0.4) is 0 Å². The minimum atomic E-state index is -0.863. The number of nitrogens with zero attached hydrogens (tertiary/aromatic N) is 1. The van der Waals surface area contributed by atoms with Gasteiger partial charge in [0.2, 0.25) is 0 Å². The topological polar surface area (TPSA) is 76.1 Å². The van der Waals surface area contributed by atoms with Crippen molar-refractivity contribution in [2.75, 3.05) is 27.3 Å². The summed E-state index contributed by atoms with van der Waals surface area (Å²) in [4.78, 5) is 23.6. The number of rotatable bonds is 8. The molecule has 0 unspecified atom stereocenters. The van der Waals surface area contributed by atoms with Gasteiger partial charge >= 0.3 is 5.97 Å². The molecule has 0 aliphatic carbocycles. The molecule has 1 aromatic carbocycles. The van der Waals surface area contributed by atoms with E-state index in [1.54, 1.807) is 38.4 Å². The predicted molar refractivity (Wildman–Crippen MR) is 73.0 cm³/mol. The SMILES string of the molecule is COc1cccc(OCC(=O)N(C)CCCC(=O)O)c1. The zero-order valence-corrected chi connectivity index (χ0v) is 11.7. The molecule has 6 heteroatoms. The average Bonchev–Trinajstić information content (AvgIpc) is 2.44. The maximum atomic E-state index is 11.8. The van der Waals surface area contributed by atoms with Crippen LogP contribution in [-0.2, 0) is 9.59 Å². The molecule has 1 rings (SSSR count). The second kappa shape index (κ2) is 8.04. The van der Waals surface area contributed by atoms with E-state index in [4.69, 9.17) is 14.6 Å². The molecule has 0 aliphatic rings. The van der Waals surface area contributed by atoms with Crippen LogP contribution in [0.15, 0.2) is 24.3 Å². The highest BCUT2D eigenvalue weighted by molar-refractivity contribution is 5.77. The van der Waals surface area contributed by atoms with Gasteiger partial charge < -0.3 is 19.5 Å². The third kappa shape index (κ3) is 5.60. The minimum absolute atomic E-state index is 0.0500. The molecule has 0 saturated heterocycles. The maximum Gasteiger partial charge on any atom is 0.303 e. The number of carbonyl (C=O) groups excluding carboxylic acids is 1. The lowest BCUT2D eigenvalue weighted by Crippen LogP contribution is -2.32. The summed E-state index contributed by atoms with van der Waals surface area (Å²) in [6.45, 7) is 0.309. The zero-order chi connectivity index (χ0) is 15.0. The van der Waals surface area contributed by atoms with Crippen molar-refractivity contribution >= 4 is 11.9 Å². The third-order valence-electron chi connectivity index (χ3n) is 2.71. The fraction of sp³-hybridized carbons (Fsp3) is 0.429. The number of benzene rings is 1. The quantitative estimate of drug-likeness (QED) is 0.779. The zero-order valence-electron chi connectivity index (χ0n) is 11.7. The van der Waals surface area contributed by atoms with E-state index in [1.807, 2.05) is 0 Å². The molecule has 0 atom stereocenters. The predicted octanol–water partition coefficient (Wildman–Crippen LogP) is 1.40. The van der Waals surface area contributed by atoms with Crippen molar-refractivity contribution in [3.63, 3.8) is 0 Å². The van der Waals surface area contributed by atoms with Gasteiger partial charge in [-0.2, -0.15) is 0 Å². The molecule has 110 valence electrons. The molecule has 0 fully saturated rings. The number of hydrogen-bond acceptors (Lipinski definition) is 4. The molecule has 0 heterocycles. The van der Waals surface area contributed by atoms with Gasteiger partial charge in [-0.1, -0.05) is 6.07 Å². The van der Waals surface area contributed by atoms with E-state index in [0.29, 0.717) is 24.5 Å². The Morgan fingerprint density at radius 1 is 1.30 bits per heavy atom. The van der Waals surface area contributed by atoms with Crippen molar-refractivity contribution in [2.45, 2.75) is 12.8 Å². The van der Waals surface area contributed by atoms with Crippen LogP contribution in [0.1, 0.15) is 12.8 Å². The summed E-state index contributed by atoms with van der Waals surface area (Å²) in [5.41, 5.74) is 0. The third-order valence-corrected chi connectivity index (χ3v) is 2.71. The molecule has 20 heavy (non-hydrogen) atoms. The van der Waals surface area contributed by atoms with Gasteiger partial charge in [0.05, 0.1) is 7.11 Å². The lowest BCUT2D eigenvalue weighted by molar-refractivity contribution is -0.138. The van der Waals surface area contributed by atoms with Gasteiger partial charge in [-0.25, -0.2) is 0 Å². The van der Waals surface area contributed by atoms with E-state index < -0.39 is 5.97 Å². The Kier molecular flexibility index (Phi) is 6.36. The first-order chi connectivity index (χ1) is 9.52. The molecule has 0 saturated carbocycles. The van der Waals surface area contributed by atoms with Gasteiger partial charge in [-0.3, -0.25) is 9.59 Å². The van der Waals surface area contributed by atoms with Crippen LogP contribution < -0.4 is 9.47 Å². The Labute approximate surface area is 117 Å². The molecule has 1 aromatic rings. The summed E-state index contributed by atoms with van der Waals surface area (Å²) >= 11 is 0. The van der Waals surface area contributed by atoms with Gasteiger partial charge in [0.1, 0.15) is 11.5 Å². The number of carboxylic acids is 1. The number of amides is 1. The van der Waals surface area contributed by atoms with Crippen molar-refractivity contribution in [3.8, 4) is 11.5 Å². The monoisotopic (exact) mass is 281 g/mol. The first kappa shape index (κ1) is 15.8. The molecular formula is C14H19NO5. The molecule has 0 aliphatic heterocycles. The second-order valence-corrected chi connectivity index (χ2v) is 4.28. The Bertz CT molecular complexity index is 461. The fourth-order valence-corrected chi connectivity index (χ4v) is 1.54. The van der Waals surface area contributed by atoms with Crippen molar-refractivity contribution in [1.82, 2.24) is 4.90 Å². The van der Waals surface area contributed by atoms with Crippen LogP contribution in [0.2, 0.25) is 0 Å². The molecule has 1 N–H and O–H groups in total. The number of carbonyl (C=O) groups is 2. The summed E-state index contributed by atoms with van der Waals surface area (Å²) in [5, 5.41) is 8.53. The molecule has 0 aromatic heterocycles. The fourth-order valence-electron chi connectivity index (χ4n) is 1.54. The number of likely N-dealkylation sites (N-methyl/N-ethyl adjacent to an activating group) is 1. The van der Waals surface area contributed by atoms with Crippen molar-refractivity contribution < 1.29 is 24.2 Å². The summed E-state index contributed by atoms with van der Waals surface area (Å²) in [6, 6.07) is 6.99. The lowest BCUT2D eigenvalue weighted by atomic mass is 10.3. The maximum absolute atomic E-state index is 11.8. The van der Waals surface area contributed by atoms with E-state index >= 15 is 0 Å². The van der Waals surface area contributed by atoms with Crippen molar-refractivity contribution in [3.05, 3.63) is 24.3 Å². The van der Waals surface area contributed by atoms with Crippen LogP contribution >= 0.6 is 0 Å². The number of aliphatic carboxylic acids is 1. The van der Waals surface area contributed by atoms with Gasteiger partial charge in [-0.15, -0.1) is 0 Å². The number of carboxylic acid groups (broad SMARTS) is 1. The first-order valence-electron chi connectivity index (χ1n) is 6.25. The highest BCUT2D eigenvalue weighted by atomic mass is 16.5. The molecule has 0 radical (unpaired) electrons. The van der Waals surface area contributed by atoms with E-state index in [0.717, 1.165) is 0 Å². The van der Waals surface area contributed by atoms with E-state index in [1.165, 1.54) is 4.90 Å². The largest absolute Gasteiger partial charge is 0.497 e. The smallest absolute Gasteiger partial charge is 0.303 e. The average molecular weight is 281 g/mol. The summed E-state index contributed by atoms with van der Waals surface area (Å²) in [7, 11) is 3.18. The summed E-state index contributed by atoms with van der Waals surface area (Å²) < 4.78 is 10.4. The van der Waals surface area contributed by atoms with Crippen LogP contribution in [-0.4, -0.2) is 49.2 Å². The summed E-state index contributed by atoms with van der Waals surface area (Å²) in [6.07, 6.45) is 0.477. The molecule has 0 bridgehead atoms.